The monoisotopic (exact) mass is 622 g/mol. The number of piperazine rings is 1. The summed E-state index contributed by atoms with van der Waals surface area (Å²) in [5.74, 6) is 1.00. The second-order valence-corrected chi connectivity index (χ2v) is 10.3. The quantitative estimate of drug-likeness (QED) is 0.353. The highest BCUT2D eigenvalue weighted by Gasteiger charge is 2.38. The molecule has 0 aliphatic carbocycles. The predicted octanol–water partition coefficient (Wildman–Crippen LogP) is 3.87. The summed E-state index contributed by atoms with van der Waals surface area (Å²) in [6.07, 6.45) is 4.96. The number of rotatable bonds is 6. The zero-order valence-corrected chi connectivity index (χ0v) is 23.5. The molecule has 2 fully saturated rings. The van der Waals surface area contributed by atoms with Crippen molar-refractivity contribution in [2.75, 3.05) is 67.5 Å². The van der Waals surface area contributed by atoms with Gasteiger partial charge in [0.05, 0.1) is 5.39 Å². The minimum atomic E-state index is -5.08. The molecule has 0 bridgehead atoms. The fourth-order valence-corrected chi connectivity index (χ4v) is 5.31. The van der Waals surface area contributed by atoms with Crippen molar-refractivity contribution in [1.29, 1.82) is 0 Å². The number of carbonyl (C=O) groups is 1. The summed E-state index contributed by atoms with van der Waals surface area (Å²) in [7, 11) is 0. The summed E-state index contributed by atoms with van der Waals surface area (Å²) < 4.78 is 32.5. The third-order valence-electron chi connectivity index (χ3n) is 6.95. The third kappa shape index (κ3) is 6.95. The Balaban J connectivity index is 0.000000470. The van der Waals surface area contributed by atoms with E-state index in [0.717, 1.165) is 72.0 Å². The van der Waals surface area contributed by atoms with E-state index in [1.165, 1.54) is 37.2 Å². The summed E-state index contributed by atoms with van der Waals surface area (Å²) in [4.78, 5) is 25.0. The predicted molar refractivity (Wildman–Crippen MR) is 151 cm³/mol. The van der Waals surface area contributed by atoms with Crippen molar-refractivity contribution in [3.8, 4) is 12.3 Å². The number of H-pyrrole nitrogens is 1. The molecule has 0 radical (unpaired) electrons. The van der Waals surface area contributed by atoms with E-state index in [1.54, 1.807) is 6.33 Å². The average molecular weight is 623 g/mol. The Labute approximate surface area is 238 Å². The number of hydrogen-bond acceptors (Lipinski definition) is 8. The van der Waals surface area contributed by atoms with Gasteiger partial charge in [-0.25, -0.2) is 14.8 Å². The lowest BCUT2D eigenvalue weighted by Gasteiger charge is -2.38. The number of terminal acetylenes is 1. The van der Waals surface area contributed by atoms with Crippen LogP contribution in [0.15, 0.2) is 23.1 Å². The Morgan fingerprint density at radius 3 is 2.42 bits per heavy atom. The smallest absolute Gasteiger partial charge is 0.475 e. The number of anilines is 3. The van der Waals surface area contributed by atoms with Crippen LogP contribution in [0.3, 0.4) is 0 Å². The highest BCUT2D eigenvalue weighted by atomic mass is 79.9. The van der Waals surface area contributed by atoms with Crippen LogP contribution in [0.25, 0.3) is 11.0 Å². The maximum atomic E-state index is 10.6. The standard InChI is InChI=1S/C24H29BrN8.C2HF3O2/c1-3-18-14-19(26-6-9-31-7-4-5-8-31)17(2)20(15-18)32-10-12-33(13-11-32)24-21-22(25)29-30-23(21)27-16-28-24;3-2(4,5)1(6)7/h1,14-16,26H,4-13H2,2H3,(H,27,28,29,30);(H,6,7). The lowest BCUT2D eigenvalue weighted by Crippen LogP contribution is -2.47. The van der Waals surface area contributed by atoms with E-state index in [-0.39, 0.29) is 0 Å². The van der Waals surface area contributed by atoms with Crippen molar-refractivity contribution < 1.29 is 23.1 Å². The molecule has 5 rings (SSSR count). The van der Waals surface area contributed by atoms with Crippen LogP contribution < -0.4 is 15.1 Å². The van der Waals surface area contributed by atoms with Gasteiger partial charge in [0.1, 0.15) is 16.7 Å². The Hall–Kier alpha value is -3.57. The van der Waals surface area contributed by atoms with Gasteiger partial charge in [-0.05, 0) is 66.5 Å². The molecule has 0 unspecified atom stereocenters. The van der Waals surface area contributed by atoms with Crippen LogP contribution in [0.2, 0.25) is 0 Å². The van der Waals surface area contributed by atoms with Gasteiger partial charge in [0, 0.05) is 56.2 Å². The molecular formula is C26H30BrF3N8O2. The molecule has 1 aromatic carbocycles. The van der Waals surface area contributed by atoms with Crippen molar-refractivity contribution in [3.05, 3.63) is 34.2 Å². The molecule has 3 aromatic rings. The number of nitrogens with one attached hydrogen (secondary N) is 2. The second kappa shape index (κ2) is 12.7. The third-order valence-corrected chi connectivity index (χ3v) is 7.52. The lowest BCUT2D eigenvalue weighted by molar-refractivity contribution is -0.192. The lowest BCUT2D eigenvalue weighted by atomic mass is 10.1. The van der Waals surface area contributed by atoms with Gasteiger partial charge >= 0.3 is 12.1 Å². The summed E-state index contributed by atoms with van der Waals surface area (Å²) in [5.41, 5.74) is 5.27. The van der Waals surface area contributed by atoms with E-state index in [4.69, 9.17) is 16.3 Å². The van der Waals surface area contributed by atoms with Crippen LogP contribution in [-0.4, -0.2) is 94.7 Å². The molecule has 2 saturated heterocycles. The summed E-state index contributed by atoms with van der Waals surface area (Å²) in [6.45, 7) is 10.1. The number of nitrogens with zero attached hydrogens (tertiary/aromatic N) is 6. The molecule has 2 aliphatic heterocycles. The van der Waals surface area contributed by atoms with E-state index in [0.29, 0.717) is 0 Å². The molecule has 14 heteroatoms. The Kier molecular flexibility index (Phi) is 9.36. The Bertz CT molecular complexity index is 1380. The minimum Gasteiger partial charge on any atom is -0.475 e. The van der Waals surface area contributed by atoms with E-state index >= 15 is 0 Å². The van der Waals surface area contributed by atoms with E-state index < -0.39 is 12.1 Å². The molecule has 2 aromatic heterocycles. The number of likely N-dealkylation sites (tertiary alicyclic amines) is 1. The van der Waals surface area contributed by atoms with Crippen LogP contribution in [0, 0.1) is 19.3 Å². The van der Waals surface area contributed by atoms with Gasteiger partial charge < -0.3 is 25.1 Å². The topological polar surface area (TPSA) is 114 Å². The van der Waals surface area contributed by atoms with E-state index in [1.807, 2.05) is 0 Å². The molecule has 2 aliphatic rings. The van der Waals surface area contributed by atoms with Crippen molar-refractivity contribution in [2.45, 2.75) is 25.9 Å². The zero-order valence-electron chi connectivity index (χ0n) is 21.9. The van der Waals surface area contributed by atoms with Gasteiger partial charge in [0.25, 0.3) is 0 Å². The maximum Gasteiger partial charge on any atom is 0.490 e. The number of aliphatic carboxylic acids is 1. The molecule has 0 amide bonds. The first-order valence-electron chi connectivity index (χ1n) is 12.8. The van der Waals surface area contributed by atoms with Crippen LogP contribution in [0.1, 0.15) is 24.0 Å². The van der Waals surface area contributed by atoms with Crippen molar-refractivity contribution in [3.63, 3.8) is 0 Å². The first-order chi connectivity index (χ1) is 19.1. The number of alkyl halides is 3. The van der Waals surface area contributed by atoms with Gasteiger partial charge in [-0.2, -0.15) is 18.3 Å². The first-order valence-corrected chi connectivity index (χ1v) is 13.6. The minimum absolute atomic E-state index is 0.747. The normalized spacial score (nSPS) is 16.0. The maximum absolute atomic E-state index is 10.6. The zero-order chi connectivity index (χ0) is 28.9. The number of halogens is 4. The van der Waals surface area contributed by atoms with Crippen molar-refractivity contribution in [2.24, 2.45) is 0 Å². The summed E-state index contributed by atoms with van der Waals surface area (Å²) in [6, 6.07) is 4.25. The average Bonchev–Trinajstić information content (AvgIpc) is 3.59. The van der Waals surface area contributed by atoms with Gasteiger partial charge in [-0.3, -0.25) is 5.10 Å². The van der Waals surface area contributed by atoms with E-state index in [2.05, 4.69) is 81.1 Å². The van der Waals surface area contributed by atoms with Gasteiger partial charge in [0.15, 0.2) is 5.65 Å². The molecule has 40 heavy (non-hydrogen) atoms. The number of aromatic amines is 1. The number of benzene rings is 1. The second-order valence-electron chi connectivity index (χ2n) is 9.50. The molecule has 0 saturated carbocycles. The van der Waals surface area contributed by atoms with Gasteiger partial charge in [-0.15, -0.1) is 6.42 Å². The van der Waals surface area contributed by atoms with Crippen LogP contribution in [0.5, 0.6) is 0 Å². The number of hydrogen-bond donors (Lipinski definition) is 3. The SMILES string of the molecule is C#Cc1cc(NCCN2CCCC2)c(C)c(N2CCN(c3ncnc4[nH]nc(Br)c34)CC2)c1.O=C(O)C(F)(F)F. The van der Waals surface area contributed by atoms with Gasteiger partial charge in [0.2, 0.25) is 0 Å². The largest absolute Gasteiger partial charge is 0.490 e. The first kappa shape index (κ1) is 29.4. The molecule has 4 heterocycles. The van der Waals surface area contributed by atoms with Crippen LogP contribution in [0.4, 0.5) is 30.4 Å². The molecule has 0 atom stereocenters. The fourth-order valence-electron chi connectivity index (χ4n) is 4.86. The van der Waals surface area contributed by atoms with Crippen molar-refractivity contribution in [1.82, 2.24) is 25.1 Å². The van der Waals surface area contributed by atoms with Gasteiger partial charge in [-0.1, -0.05) is 5.92 Å². The van der Waals surface area contributed by atoms with Crippen LogP contribution >= 0.6 is 15.9 Å². The van der Waals surface area contributed by atoms with Crippen molar-refractivity contribution >= 4 is 50.1 Å². The summed E-state index contributed by atoms with van der Waals surface area (Å²) >= 11 is 3.52. The Morgan fingerprint density at radius 2 is 1.80 bits per heavy atom. The fraction of sp³-hybridized carbons (Fsp3) is 0.462. The number of carboxylic acid groups (broad SMARTS) is 1. The molecule has 0 spiro atoms. The van der Waals surface area contributed by atoms with E-state index in [9.17, 15) is 13.2 Å². The van der Waals surface area contributed by atoms with Crippen LogP contribution in [-0.2, 0) is 4.79 Å². The number of carboxylic acids is 1. The summed E-state index contributed by atoms with van der Waals surface area (Å²) in [5, 5.41) is 18.9. The Morgan fingerprint density at radius 1 is 1.15 bits per heavy atom. The number of fused-ring (bicyclic) bond motifs is 1. The molecule has 214 valence electrons. The molecular weight excluding hydrogens is 593 g/mol. The number of aromatic nitrogens is 4. The molecule has 10 nitrogen and oxygen atoms in total. The molecule has 3 N–H and O–H groups in total. The highest BCUT2D eigenvalue weighted by Crippen LogP contribution is 2.32. The highest BCUT2D eigenvalue weighted by molar-refractivity contribution is 9.10.